The Bertz CT molecular complexity index is 217. The molecule has 0 saturated carbocycles. The minimum atomic E-state index is 0.432. The summed E-state index contributed by atoms with van der Waals surface area (Å²) in [6, 6.07) is 0. The fourth-order valence-corrected chi connectivity index (χ4v) is 0.789. The maximum atomic E-state index is 10.2. The molecule has 10 heavy (non-hydrogen) atoms. The second-order valence-corrected chi connectivity index (χ2v) is 2.03. The highest BCUT2D eigenvalue weighted by Gasteiger charge is 2.03. The molecule has 3 nitrogen and oxygen atoms in total. The van der Waals surface area contributed by atoms with E-state index in [0.29, 0.717) is 17.7 Å². The first-order chi connectivity index (χ1) is 4.88. The third-order valence-corrected chi connectivity index (χ3v) is 1.26. The molecule has 0 aliphatic carbocycles. The van der Waals surface area contributed by atoms with Gasteiger partial charge < -0.3 is 4.42 Å². The number of aromatic nitrogens is 1. The van der Waals surface area contributed by atoms with Crippen LogP contribution < -0.4 is 0 Å². The predicted octanol–water partition coefficient (Wildman–Crippen LogP) is 1.44. The summed E-state index contributed by atoms with van der Waals surface area (Å²) >= 11 is 0. The van der Waals surface area contributed by atoms with Gasteiger partial charge in [-0.25, -0.2) is 4.98 Å². The Morgan fingerprint density at radius 1 is 1.80 bits per heavy atom. The van der Waals surface area contributed by atoms with Crippen LogP contribution in [-0.2, 0) is 6.42 Å². The molecule has 0 unspecified atom stereocenters. The number of aldehydes is 1. The minimum Gasteiger partial charge on any atom is -0.448 e. The molecule has 0 aromatic carbocycles. The van der Waals surface area contributed by atoms with Crippen LogP contribution in [0.2, 0.25) is 0 Å². The summed E-state index contributed by atoms with van der Waals surface area (Å²) in [7, 11) is 0. The van der Waals surface area contributed by atoms with Gasteiger partial charge in [-0.3, -0.25) is 4.79 Å². The lowest BCUT2D eigenvalue weighted by Gasteiger charge is -1.88. The number of hydrogen-bond acceptors (Lipinski definition) is 3. The van der Waals surface area contributed by atoms with Crippen molar-refractivity contribution < 1.29 is 9.21 Å². The number of nitrogens with zero attached hydrogens (tertiary/aromatic N) is 1. The molecule has 0 radical (unpaired) electrons. The van der Waals surface area contributed by atoms with Gasteiger partial charge in [-0.05, 0) is 6.42 Å². The van der Waals surface area contributed by atoms with Gasteiger partial charge in [0.05, 0.1) is 0 Å². The molecule has 0 bridgehead atoms. The van der Waals surface area contributed by atoms with Crippen molar-refractivity contribution in [3.63, 3.8) is 0 Å². The van der Waals surface area contributed by atoms with Crippen molar-refractivity contribution in [1.82, 2.24) is 4.98 Å². The van der Waals surface area contributed by atoms with Crippen LogP contribution in [0.3, 0.4) is 0 Å². The van der Waals surface area contributed by atoms with Crippen LogP contribution in [0.15, 0.2) is 10.8 Å². The Morgan fingerprint density at radius 3 is 3.20 bits per heavy atom. The third kappa shape index (κ3) is 1.23. The van der Waals surface area contributed by atoms with Gasteiger partial charge in [0.15, 0.2) is 12.7 Å². The van der Waals surface area contributed by atoms with Gasteiger partial charge in [-0.1, -0.05) is 6.92 Å². The minimum absolute atomic E-state index is 0.432. The maximum absolute atomic E-state index is 10.2. The first-order valence-corrected chi connectivity index (χ1v) is 3.26. The fraction of sp³-hybridized carbons (Fsp3) is 0.429. The summed E-state index contributed by atoms with van der Waals surface area (Å²) in [4.78, 5) is 14.0. The zero-order chi connectivity index (χ0) is 7.40. The average molecular weight is 139 g/mol. The molecule has 0 N–H and O–H groups in total. The van der Waals surface area contributed by atoms with Crippen molar-refractivity contribution in [1.29, 1.82) is 0 Å². The monoisotopic (exact) mass is 139 g/mol. The topological polar surface area (TPSA) is 43.1 Å². The standard InChI is InChI=1S/C7H9NO2/c1-2-3-7-6(4-9)8-5-10-7/h4-5H,2-3H2,1H3. The molecule has 0 aliphatic heterocycles. The summed E-state index contributed by atoms with van der Waals surface area (Å²) < 4.78 is 4.95. The lowest BCUT2D eigenvalue weighted by atomic mass is 10.2. The molecule has 1 aromatic rings. The highest BCUT2D eigenvalue weighted by molar-refractivity contribution is 5.72. The second-order valence-electron chi connectivity index (χ2n) is 2.03. The van der Waals surface area contributed by atoms with Crippen LogP contribution in [-0.4, -0.2) is 11.3 Å². The van der Waals surface area contributed by atoms with E-state index in [0.717, 1.165) is 12.8 Å². The lowest BCUT2D eigenvalue weighted by Crippen LogP contribution is -1.87. The van der Waals surface area contributed by atoms with E-state index in [2.05, 4.69) is 4.98 Å². The molecule has 0 aliphatic rings. The fourth-order valence-electron chi connectivity index (χ4n) is 0.789. The van der Waals surface area contributed by atoms with Crippen LogP contribution in [0.5, 0.6) is 0 Å². The van der Waals surface area contributed by atoms with Crippen molar-refractivity contribution in [2.24, 2.45) is 0 Å². The second kappa shape index (κ2) is 3.15. The van der Waals surface area contributed by atoms with Gasteiger partial charge in [0.25, 0.3) is 0 Å². The van der Waals surface area contributed by atoms with Crippen LogP contribution >= 0.6 is 0 Å². The Labute approximate surface area is 59.1 Å². The van der Waals surface area contributed by atoms with Crippen LogP contribution in [0.4, 0.5) is 0 Å². The smallest absolute Gasteiger partial charge is 0.181 e. The maximum Gasteiger partial charge on any atom is 0.181 e. The molecular weight excluding hydrogens is 130 g/mol. The number of aryl methyl sites for hydroxylation is 1. The first-order valence-electron chi connectivity index (χ1n) is 3.26. The highest BCUT2D eigenvalue weighted by atomic mass is 16.3. The van der Waals surface area contributed by atoms with Crippen molar-refractivity contribution in [2.75, 3.05) is 0 Å². The van der Waals surface area contributed by atoms with Gasteiger partial charge in [-0.2, -0.15) is 0 Å². The predicted molar refractivity (Wildman–Crippen MR) is 35.9 cm³/mol. The molecule has 0 amide bonds. The van der Waals surface area contributed by atoms with Crippen LogP contribution in [0.1, 0.15) is 29.6 Å². The van der Waals surface area contributed by atoms with E-state index >= 15 is 0 Å². The van der Waals surface area contributed by atoms with E-state index in [9.17, 15) is 4.79 Å². The highest BCUT2D eigenvalue weighted by Crippen LogP contribution is 2.05. The molecule has 1 heterocycles. The van der Waals surface area contributed by atoms with E-state index < -0.39 is 0 Å². The SMILES string of the molecule is CCCc1ocnc1C=O. The van der Waals surface area contributed by atoms with E-state index in [4.69, 9.17) is 4.42 Å². The molecular formula is C7H9NO2. The van der Waals surface area contributed by atoms with E-state index in [-0.39, 0.29) is 0 Å². The first kappa shape index (κ1) is 6.99. The van der Waals surface area contributed by atoms with Gasteiger partial charge in [0.2, 0.25) is 0 Å². The Hall–Kier alpha value is -1.12. The summed E-state index contributed by atoms with van der Waals surface area (Å²) in [6.45, 7) is 2.02. The largest absolute Gasteiger partial charge is 0.448 e. The molecule has 1 rings (SSSR count). The van der Waals surface area contributed by atoms with Crippen LogP contribution in [0, 0.1) is 0 Å². The van der Waals surface area contributed by atoms with E-state index in [1.54, 1.807) is 0 Å². The van der Waals surface area contributed by atoms with Gasteiger partial charge >= 0.3 is 0 Å². The van der Waals surface area contributed by atoms with E-state index in [1.165, 1.54) is 6.39 Å². The zero-order valence-corrected chi connectivity index (χ0v) is 5.83. The van der Waals surface area contributed by atoms with Crippen molar-refractivity contribution in [3.05, 3.63) is 17.8 Å². The van der Waals surface area contributed by atoms with Gasteiger partial charge in [0, 0.05) is 6.42 Å². The number of carbonyl (C=O) groups excluding carboxylic acids is 1. The normalized spacial score (nSPS) is 9.70. The Kier molecular flexibility index (Phi) is 2.20. The molecule has 0 spiro atoms. The summed E-state index contributed by atoms with van der Waals surface area (Å²) in [5.41, 5.74) is 0.432. The van der Waals surface area contributed by atoms with Crippen molar-refractivity contribution >= 4 is 6.29 Å². The van der Waals surface area contributed by atoms with Gasteiger partial charge in [-0.15, -0.1) is 0 Å². The van der Waals surface area contributed by atoms with E-state index in [1.807, 2.05) is 6.92 Å². The molecule has 1 aromatic heterocycles. The average Bonchev–Trinajstić information content (AvgIpc) is 2.36. The summed E-state index contributed by atoms with van der Waals surface area (Å²) in [5, 5.41) is 0. The summed E-state index contributed by atoms with van der Waals surface area (Å²) in [6.07, 6.45) is 3.77. The molecule has 0 fully saturated rings. The Morgan fingerprint density at radius 2 is 2.60 bits per heavy atom. The van der Waals surface area contributed by atoms with Gasteiger partial charge in [0.1, 0.15) is 11.5 Å². The van der Waals surface area contributed by atoms with Crippen molar-refractivity contribution in [2.45, 2.75) is 19.8 Å². The molecule has 54 valence electrons. The Balaban J connectivity index is 2.79. The number of hydrogen-bond donors (Lipinski definition) is 0. The molecule has 0 saturated heterocycles. The number of rotatable bonds is 3. The van der Waals surface area contributed by atoms with Crippen LogP contribution in [0.25, 0.3) is 0 Å². The quantitative estimate of drug-likeness (QED) is 0.595. The number of oxazole rings is 1. The lowest BCUT2D eigenvalue weighted by molar-refractivity contribution is 0.111. The number of carbonyl (C=O) groups is 1. The summed E-state index contributed by atoms with van der Waals surface area (Å²) in [5.74, 6) is 0.692. The zero-order valence-electron chi connectivity index (χ0n) is 5.83. The molecule has 0 atom stereocenters. The van der Waals surface area contributed by atoms with Crippen molar-refractivity contribution in [3.8, 4) is 0 Å². The third-order valence-electron chi connectivity index (χ3n) is 1.26. The molecule has 3 heteroatoms.